The van der Waals surface area contributed by atoms with Crippen LogP contribution >= 0.6 is 0 Å². The lowest BCUT2D eigenvalue weighted by Crippen LogP contribution is -2.62. The number of fused-ring (bicyclic) bond motifs is 8. The third-order valence-corrected chi connectivity index (χ3v) is 18.3. The van der Waals surface area contributed by atoms with E-state index in [-0.39, 0.29) is 50.0 Å². The summed E-state index contributed by atoms with van der Waals surface area (Å²) in [7, 11) is 3.39. The summed E-state index contributed by atoms with van der Waals surface area (Å²) in [5, 5.41) is 5.69. The van der Waals surface area contributed by atoms with E-state index in [1.165, 1.54) is 17.9 Å². The summed E-state index contributed by atoms with van der Waals surface area (Å²) in [6.45, 7) is 21.2. The van der Waals surface area contributed by atoms with Crippen LogP contribution in [0.25, 0.3) is 33.3 Å². The molecule has 8 bridgehead atoms. The van der Waals surface area contributed by atoms with E-state index < -0.39 is 65.0 Å². The summed E-state index contributed by atoms with van der Waals surface area (Å²) in [6, 6.07) is 12.0. The van der Waals surface area contributed by atoms with Gasteiger partial charge in [-0.2, -0.15) is 0 Å². The molecule has 7 heterocycles. The van der Waals surface area contributed by atoms with Crippen LogP contribution in [0, 0.1) is 23.2 Å². The molecule has 2 aromatic heterocycles. The zero-order chi connectivity index (χ0) is 57.2. The number of hydrogen-bond acceptors (Lipinski definition) is 13. The van der Waals surface area contributed by atoms with Crippen LogP contribution in [0.2, 0.25) is 0 Å². The van der Waals surface area contributed by atoms with Crippen molar-refractivity contribution in [2.45, 2.75) is 162 Å². The lowest BCUT2D eigenvalue weighted by Gasteiger charge is -2.38. The predicted molar refractivity (Wildman–Crippen MR) is 309 cm³/mol. The van der Waals surface area contributed by atoms with Gasteiger partial charge in [-0.1, -0.05) is 32.9 Å². The second-order valence-electron chi connectivity index (χ2n) is 26.0. The van der Waals surface area contributed by atoms with E-state index in [2.05, 4.69) is 76.2 Å². The van der Waals surface area contributed by atoms with E-state index in [0.29, 0.717) is 50.6 Å². The Balaban J connectivity index is 1.08. The number of esters is 1. The van der Waals surface area contributed by atoms with Crippen molar-refractivity contribution in [3.05, 3.63) is 65.5 Å². The van der Waals surface area contributed by atoms with Crippen LogP contribution in [0.3, 0.4) is 0 Å². The Kier molecular flexibility index (Phi) is 15.7. The van der Waals surface area contributed by atoms with Crippen LogP contribution in [0.15, 0.2) is 48.7 Å². The zero-order valence-electron chi connectivity index (χ0n) is 49.3. The minimum Gasteiger partial charge on any atom is -0.491 e. The zero-order valence-corrected chi connectivity index (χ0v) is 49.3. The van der Waals surface area contributed by atoms with Gasteiger partial charge < -0.3 is 43.5 Å². The monoisotopic (exact) mass is 1110 g/mol. The maximum Gasteiger partial charge on any atom is 0.410 e. The van der Waals surface area contributed by atoms with Crippen LogP contribution < -0.4 is 20.4 Å². The van der Waals surface area contributed by atoms with Gasteiger partial charge in [-0.05, 0) is 150 Å². The number of piperazine rings is 1. The SMILES string of the molecule is CCn1c(-c2cc(N3CCN(C4CC4)CC3)cnc2[C@H](C)OC)c2c3cc(ccc31)-c1cc3cc(c1)OC[C@@H]1[C@H](CCN1C(=O)OC(C)(C)C)C(=O)N(C)[C@@H]([C@H](C)C1CC1)C(=O)N[C@@H](C3)C(=O)N1CCC[C@H](N1)C(=O)OCC(C)(C)C2. The Labute approximate surface area is 477 Å². The first-order valence-corrected chi connectivity index (χ1v) is 29.9. The second-order valence-corrected chi connectivity index (χ2v) is 26.0. The molecule has 4 amide bonds. The average Bonchev–Trinajstić information content (AvgIpc) is 4.60. The maximum absolute atomic E-state index is 15.2. The number of rotatable bonds is 8. The smallest absolute Gasteiger partial charge is 0.410 e. The first kappa shape index (κ1) is 56.6. The molecule has 2 N–H and O–H groups in total. The lowest BCUT2D eigenvalue weighted by atomic mass is 9.84. The summed E-state index contributed by atoms with van der Waals surface area (Å²) in [4.78, 5) is 87.3. The highest BCUT2D eigenvalue weighted by molar-refractivity contribution is 5.96. The van der Waals surface area contributed by atoms with Gasteiger partial charge >= 0.3 is 12.1 Å². The average molecular weight is 1110 g/mol. The van der Waals surface area contributed by atoms with E-state index in [9.17, 15) is 9.59 Å². The molecule has 3 saturated heterocycles. The number of aromatic nitrogens is 2. The molecule has 4 aromatic rings. The number of methoxy groups -OCH3 is 1. The molecule has 18 nitrogen and oxygen atoms in total. The van der Waals surface area contributed by atoms with E-state index in [1.54, 1.807) is 24.0 Å². The van der Waals surface area contributed by atoms with Crippen LogP contribution in [0.1, 0.15) is 123 Å². The minimum atomic E-state index is -1.10. The van der Waals surface area contributed by atoms with E-state index >= 15 is 14.4 Å². The number of pyridine rings is 1. The Bertz CT molecular complexity index is 3060. The molecule has 2 aromatic carbocycles. The number of aryl methyl sites for hydroxylation is 1. The Morgan fingerprint density at radius 3 is 2.35 bits per heavy atom. The van der Waals surface area contributed by atoms with Crippen molar-refractivity contribution < 1.29 is 42.9 Å². The van der Waals surface area contributed by atoms with E-state index in [0.717, 1.165) is 94.8 Å². The molecule has 11 rings (SSSR count). The predicted octanol–water partition coefficient (Wildman–Crippen LogP) is 7.92. The van der Waals surface area contributed by atoms with Crippen molar-refractivity contribution in [1.29, 1.82) is 0 Å². The largest absolute Gasteiger partial charge is 0.491 e. The quantitative estimate of drug-likeness (QED) is 0.163. The Morgan fingerprint density at radius 2 is 1.64 bits per heavy atom. The molecular formula is C63H85N9O9. The van der Waals surface area contributed by atoms with Crippen LogP contribution in [0.4, 0.5) is 10.5 Å². The number of hydrogen-bond donors (Lipinski definition) is 2. The molecule has 81 heavy (non-hydrogen) atoms. The molecule has 0 radical (unpaired) electrons. The number of hydrazine groups is 1. The number of likely N-dealkylation sites (N-methyl/N-ethyl adjacent to an activating group) is 1. The highest BCUT2D eigenvalue weighted by Crippen LogP contribution is 2.45. The fourth-order valence-corrected chi connectivity index (χ4v) is 13.5. The number of nitrogens with one attached hydrogen (secondary N) is 2. The third kappa shape index (κ3) is 11.8. The van der Waals surface area contributed by atoms with Crippen molar-refractivity contribution in [3.8, 4) is 28.1 Å². The molecule has 5 fully saturated rings. The number of anilines is 1. The summed E-state index contributed by atoms with van der Waals surface area (Å²) in [5.74, 6) is -1.80. The van der Waals surface area contributed by atoms with Gasteiger partial charge in [0.25, 0.3) is 5.91 Å². The summed E-state index contributed by atoms with van der Waals surface area (Å²) in [5.41, 5.74) is 10.4. The van der Waals surface area contributed by atoms with Gasteiger partial charge in [0.2, 0.25) is 11.8 Å². The van der Waals surface area contributed by atoms with Gasteiger partial charge in [-0.15, -0.1) is 0 Å². The molecule has 7 aliphatic rings. The van der Waals surface area contributed by atoms with Gasteiger partial charge in [0, 0.05) is 94.3 Å². The van der Waals surface area contributed by atoms with Gasteiger partial charge in [0.05, 0.1) is 47.9 Å². The number of carbonyl (C=O) groups excluding carboxylic acids is 5. The molecule has 436 valence electrons. The number of ether oxygens (including phenoxy) is 4. The standard InChI is InChI=1S/C63H85N9O9/c1-11-70-52-19-16-41-31-47(52)49(56(70)48-32-44(34-64-54(48)38(3)78-10)69-25-23-68(24-26-69)43-17-18-43)33-63(7,8)36-80-60(76)50-13-12-21-72(66-50)59(75)51-29-39-27-42(41)30-45(28-39)79-35-53-46(20-22-71(53)61(77)81-62(4,5)6)58(74)67(9)55(57(73)65-51)37(2)40-14-15-40/h16,19,27-28,30-32,34,37-38,40,43,46,50-51,53,55,66H,11-15,17-18,20-26,29,33,35-36H2,1-10H3,(H,65,73)/t37-,38+,46+,50+,51+,53-,55+/m1/s1. The Morgan fingerprint density at radius 1 is 0.877 bits per heavy atom. The van der Waals surface area contributed by atoms with E-state index in [4.69, 9.17) is 23.9 Å². The van der Waals surface area contributed by atoms with Gasteiger partial charge in [-0.25, -0.2) is 10.2 Å². The molecule has 5 aliphatic heterocycles. The molecule has 18 heteroatoms. The Hall–Kier alpha value is -6.24. The second kappa shape index (κ2) is 22.5. The molecule has 7 atom stereocenters. The highest BCUT2D eigenvalue weighted by Gasteiger charge is 2.49. The number of cyclic esters (lactones) is 1. The number of nitrogens with zero attached hydrogens (tertiary/aromatic N) is 7. The molecule has 2 saturated carbocycles. The normalized spacial score (nSPS) is 25.9. The molecule has 0 spiro atoms. The van der Waals surface area contributed by atoms with E-state index in [1.807, 2.05) is 52.9 Å². The number of amides is 4. The van der Waals surface area contributed by atoms with Crippen LogP contribution in [0.5, 0.6) is 5.75 Å². The molecular weight excluding hydrogens is 1030 g/mol. The van der Waals surface area contributed by atoms with Crippen LogP contribution in [-0.2, 0) is 52.8 Å². The maximum atomic E-state index is 15.2. The number of carbonyl (C=O) groups is 5. The third-order valence-electron chi connectivity index (χ3n) is 18.3. The summed E-state index contributed by atoms with van der Waals surface area (Å²) >= 11 is 0. The van der Waals surface area contributed by atoms with Gasteiger partial charge in [0.15, 0.2) is 0 Å². The van der Waals surface area contributed by atoms with Gasteiger partial charge in [-0.3, -0.25) is 34.1 Å². The topological polar surface area (TPSA) is 180 Å². The van der Waals surface area contributed by atoms with Crippen LogP contribution in [-0.4, -0.2) is 161 Å². The van der Waals surface area contributed by atoms with Crippen molar-refractivity contribution in [3.63, 3.8) is 0 Å². The van der Waals surface area contributed by atoms with Crippen molar-refractivity contribution in [2.24, 2.45) is 23.2 Å². The fourth-order valence-electron chi connectivity index (χ4n) is 13.5. The van der Waals surface area contributed by atoms with Crippen molar-refractivity contribution >= 4 is 46.4 Å². The summed E-state index contributed by atoms with van der Waals surface area (Å²) < 4.78 is 27.6. The van der Waals surface area contributed by atoms with Crippen molar-refractivity contribution in [1.82, 2.24) is 40.0 Å². The first-order valence-electron chi connectivity index (χ1n) is 29.9. The van der Waals surface area contributed by atoms with Gasteiger partial charge in [0.1, 0.15) is 36.1 Å². The fraction of sp³-hybridized carbons (Fsp3) is 0.619. The lowest BCUT2D eigenvalue weighted by molar-refractivity contribution is -0.155. The molecule has 0 unspecified atom stereocenters. The summed E-state index contributed by atoms with van der Waals surface area (Å²) in [6.07, 6.45) is 7.53. The minimum absolute atomic E-state index is 0.0223. The number of benzene rings is 2. The first-order chi connectivity index (χ1) is 38.7. The number of likely N-dealkylation sites (tertiary alicyclic amines) is 1. The highest BCUT2D eigenvalue weighted by atomic mass is 16.6. The van der Waals surface area contributed by atoms with Crippen molar-refractivity contribution in [2.75, 3.05) is 71.5 Å². The molecule has 2 aliphatic carbocycles.